The molecule has 0 atom stereocenters. The van der Waals surface area contributed by atoms with Crippen LogP contribution in [0.1, 0.15) is 27.7 Å². The average molecular weight is 301 g/mol. The van der Waals surface area contributed by atoms with Crippen molar-refractivity contribution in [3.63, 3.8) is 0 Å². The highest BCUT2D eigenvalue weighted by molar-refractivity contribution is 9.09. The van der Waals surface area contributed by atoms with Gasteiger partial charge in [0.15, 0.2) is 0 Å². The molecule has 2 heterocycles. The first-order valence-electron chi connectivity index (χ1n) is 5.80. The minimum absolute atomic E-state index is 0.296. The molecular weight excluding hydrogens is 283 g/mol. The van der Waals surface area contributed by atoms with Crippen LogP contribution < -0.4 is 5.46 Å². The highest BCUT2D eigenvalue weighted by Gasteiger charge is 2.52. The summed E-state index contributed by atoms with van der Waals surface area (Å²) in [6, 6.07) is 0. The van der Waals surface area contributed by atoms with Crippen molar-refractivity contribution in [1.29, 1.82) is 0 Å². The first-order chi connectivity index (χ1) is 7.86. The second-order valence-electron chi connectivity index (χ2n) is 5.31. The van der Waals surface area contributed by atoms with Crippen LogP contribution in [0.15, 0.2) is 12.4 Å². The predicted octanol–water partition coefficient (Wildman–Crippen LogP) is 1.58. The van der Waals surface area contributed by atoms with Gasteiger partial charge in [0, 0.05) is 23.2 Å². The maximum absolute atomic E-state index is 5.95. The minimum atomic E-state index is -0.316. The van der Waals surface area contributed by atoms with Gasteiger partial charge in [-0.1, -0.05) is 15.9 Å². The third-order valence-electron chi connectivity index (χ3n) is 3.49. The third-order valence-corrected chi connectivity index (χ3v) is 3.85. The molecule has 0 saturated carbocycles. The first-order valence-corrected chi connectivity index (χ1v) is 6.92. The molecule has 0 radical (unpaired) electrons. The summed E-state index contributed by atoms with van der Waals surface area (Å²) < 4.78 is 13.8. The second-order valence-corrected chi connectivity index (χ2v) is 6.11. The van der Waals surface area contributed by atoms with E-state index in [2.05, 4.69) is 48.7 Å². The number of aromatic nitrogens is 2. The highest BCUT2D eigenvalue weighted by atomic mass is 79.9. The van der Waals surface area contributed by atoms with E-state index in [9.17, 15) is 0 Å². The molecule has 1 saturated heterocycles. The van der Waals surface area contributed by atoms with E-state index in [0.717, 1.165) is 17.3 Å². The number of aryl methyl sites for hydroxylation is 1. The Morgan fingerprint density at radius 3 is 2.41 bits per heavy atom. The van der Waals surface area contributed by atoms with Gasteiger partial charge in [0.25, 0.3) is 0 Å². The molecule has 0 aromatic carbocycles. The van der Waals surface area contributed by atoms with Gasteiger partial charge in [-0.05, 0) is 27.7 Å². The Bertz CT molecular complexity index is 390. The molecule has 0 aliphatic carbocycles. The number of nitrogens with zero attached hydrogens (tertiary/aromatic N) is 2. The van der Waals surface area contributed by atoms with Gasteiger partial charge in [0.2, 0.25) is 0 Å². The fourth-order valence-electron chi connectivity index (χ4n) is 1.69. The van der Waals surface area contributed by atoms with Crippen molar-refractivity contribution in [1.82, 2.24) is 9.78 Å². The number of hydrogen-bond acceptors (Lipinski definition) is 3. The molecule has 0 amide bonds. The fourth-order valence-corrected chi connectivity index (χ4v) is 2.05. The van der Waals surface area contributed by atoms with Crippen LogP contribution in [0.2, 0.25) is 0 Å². The van der Waals surface area contributed by atoms with E-state index in [1.165, 1.54) is 0 Å². The van der Waals surface area contributed by atoms with Crippen molar-refractivity contribution < 1.29 is 9.31 Å². The molecular formula is C11H18BBrN2O2. The van der Waals surface area contributed by atoms with Gasteiger partial charge in [-0.2, -0.15) is 5.10 Å². The van der Waals surface area contributed by atoms with Crippen LogP contribution in [0.25, 0.3) is 0 Å². The van der Waals surface area contributed by atoms with Gasteiger partial charge < -0.3 is 9.31 Å². The van der Waals surface area contributed by atoms with Gasteiger partial charge in [0.05, 0.1) is 17.7 Å². The smallest absolute Gasteiger partial charge is 0.399 e. The second kappa shape index (κ2) is 4.41. The summed E-state index contributed by atoms with van der Waals surface area (Å²) in [5.41, 5.74) is 0.384. The Morgan fingerprint density at radius 1 is 1.29 bits per heavy atom. The summed E-state index contributed by atoms with van der Waals surface area (Å²) in [6.45, 7) is 9.05. The third kappa shape index (κ3) is 2.44. The summed E-state index contributed by atoms with van der Waals surface area (Å²) in [6.07, 6.45) is 3.79. The van der Waals surface area contributed by atoms with Gasteiger partial charge in [0.1, 0.15) is 0 Å². The standard InChI is InChI=1S/C11H18BBrN2O2/c1-10(2)11(3,4)17-12(16-10)9-7-14-15(8-9)6-5-13/h7-8H,5-6H2,1-4H3. The quantitative estimate of drug-likeness (QED) is 0.628. The molecule has 0 N–H and O–H groups in total. The fraction of sp³-hybridized carbons (Fsp3) is 0.727. The first kappa shape index (κ1) is 13.1. The summed E-state index contributed by atoms with van der Waals surface area (Å²) in [4.78, 5) is 0. The predicted molar refractivity (Wildman–Crippen MR) is 71.7 cm³/mol. The van der Waals surface area contributed by atoms with Crippen molar-refractivity contribution in [3.05, 3.63) is 12.4 Å². The number of rotatable bonds is 3. The van der Waals surface area contributed by atoms with E-state index in [-0.39, 0.29) is 18.3 Å². The number of hydrogen-bond donors (Lipinski definition) is 0. The normalized spacial score (nSPS) is 22.1. The number of alkyl halides is 1. The summed E-state index contributed by atoms with van der Waals surface area (Å²) in [5.74, 6) is 0. The molecule has 2 rings (SSSR count). The lowest BCUT2D eigenvalue weighted by atomic mass is 9.82. The number of halogens is 1. The van der Waals surface area contributed by atoms with Crippen molar-refractivity contribution in [2.24, 2.45) is 0 Å². The molecule has 0 unspecified atom stereocenters. The molecule has 1 aromatic heterocycles. The lowest BCUT2D eigenvalue weighted by molar-refractivity contribution is 0.00578. The molecule has 94 valence electrons. The average Bonchev–Trinajstić information content (AvgIpc) is 2.71. The minimum Gasteiger partial charge on any atom is -0.399 e. The van der Waals surface area contributed by atoms with Crippen LogP contribution in [0, 0.1) is 0 Å². The molecule has 1 fully saturated rings. The van der Waals surface area contributed by atoms with E-state index in [4.69, 9.17) is 9.31 Å². The zero-order valence-corrected chi connectivity index (χ0v) is 12.3. The van der Waals surface area contributed by atoms with Crippen molar-refractivity contribution >= 4 is 28.5 Å². The van der Waals surface area contributed by atoms with Crippen molar-refractivity contribution in [2.75, 3.05) is 5.33 Å². The van der Waals surface area contributed by atoms with Crippen LogP contribution in [0.4, 0.5) is 0 Å². The molecule has 0 bridgehead atoms. The molecule has 4 nitrogen and oxygen atoms in total. The monoisotopic (exact) mass is 300 g/mol. The zero-order chi connectivity index (χ0) is 12.7. The van der Waals surface area contributed by atoms with Crippen molar-refractivity contribution in [2.45, 2.75) is 45.4 Å². The molecule has 1 aromatic rings. The van der Waals surface area contributed by atoms with Crippen LogP contribution in [-0.2, 0) is 15.9 Å². The lowest BCUT2D eigenvalue weighted by Crippen LogP contribution is -2.41. The Balaban J connectivity index is 2.14. The van der Waals surface area contributed by atoms with Crippen LogP contribution in [0.3, 0.4) is 0 Å². The summed E-state index contributed by atoms with van der Waals surface area (Å²) in [5, 5.41) is 5.16. The van der Waals surface area contributed by atoms with E-state index in [1.807, 2.05) is 17.1 Å². The topological polar surface area (TPSA) is 36.3 Å². The molecule has 1 aliphatic heterocycles. The zero-order valence-electron chi connectivity index (χ0n) is 10.7. The van der Waals surface area contributed by atoms with Gasteiger partial charge >= 0.3 is 7.12 Å². The van der Waals surface area contributed by atoms with E-state index >= 15 is 0 Å². The van der Waals surface area contributed by atoms with Gasteiger partial charge in [-0.15, -0.1) is 0 Å². The molecule has 0 spiro atoms. The molecule has 6 heteroatoms. The summed E-state index contributed by atoms with van der Waals surface area (Å²) in [7, 11) is -0.316. The van der Waals surface area contributed by atoms with Crippen LogP contribution >= 0.6 is 15.9 Å². The molecule has 17 heavy (non-hydrogen) atoms. The lowest BCUT2D eigenvalue weighted by Gasteiger charge is -2.32. The maximum Gasteiger partial charge on any atom is 0.498 e. The maximum atomic E-state index is 5.95. The van der Waals surface area contributed by atoms with Crippen LogP contribution in [-0.4, -0.2) is 33.4 Å². The van der Waals surface area contributed by atoms with Gasteiger partial charge in [-0.3, -0.25) is 4.68 Å². The summed E-state index contributed by atoms with van der Waals surface area (Å²) >= 11 is 3.39. The Kier molecular flexibility index (Phi) is 3.40. The van der Waals surface area contributed by atoms with Crippen molar-refractivity contribution in [3.8, 4) is 0 Å². The highest BCUT2D eigenvalue weighted by Crippen LogP contribution is 2.36. The Hall–Kier alpha value is -0.325. The Morgan fingerprint density at radius 2 is 1.88 bits per heavy atom. The van der Waals surface area contributed by atoms with E-state index in [1.54, 1.807) is 0 Å². The molecule has 1 aliphatic rings. The van der Waals surface area contributed by atoms with E-state index < -0.39 is 0 Å². The van der Waals surface area contributed by atoms with E-state index in [0.29, 0.717) is 0 Å². The SMILES string of the molecule is CC1(C)OB(c2cnn(CCBr)c2)OC1(C)C. The van der Waals surface area contributed by atoms with Crippen LogP contribution in [0.5, 0.6) is 0 Å². The van der Waals surface area contributed by atoms with Gasteiger partial charge in [-0.25, -0.2) is 0 Å². The Labute approximate surface area is 111 Å². The largest absolute Gasteiger partial charge is 0.498 e.